The zero-order valence-corrected chi connectivity index (χ0v) is 19.3. The van der Waals surface area contributed by atoms with E-state index in [2.05, 4.69) is 49.7 Å². The lowest BCUT2D eigenvalue weighted by molar-refractivity contribution is -0.867. The largest absolute Gasteiger partial charge is 1.00 e. The molecule has 1 nitrogen and oxygen atoms in total. The number of quaternary nitrogens is 1. The molecule has 0 atom stereocenters. The zero-order chi connectivity index (χ0) is 17.2. The van der Waals surface area contributed by atoms with E-state index in [1.807, 2.05) is 0 Å². The molecule has 0 unspecified atom stereocenters. The fourth-order valence-corrected chi connectivity index (χ4v) is 5.07. The number of unbranched alkanes of at least 4 members (excludes halogenated alkanes) is 12. The van der Waals surface area contributed by atoms with Crippen molar-refractivity contribution in [3.8, 4) is 0 Å². The zero-order valence-electron chi connectivity index (χ0n) is 17.0. The monoisotopic (exact) mass is 397 g/mol. The van der Waals surface area contributed by atoms with Gasteiger partial charge in [0.05, 0.1) is 33.4 Å². The SMILES string of the molecule is CCCCCCCCCCCCCCCSSCC[N+](C)(C)C.[Cl-]. The Hall–Kier alpha value is 0.950. The minimum absolute atomic E-state index is 0. The van der Waals surface area contributed by atoms with Gasteiger partial charge in [-0.05, 0) is 6.42 Å². The first kappa shape index (κ1) is 27.2. The van der Waals surface area contributed by atoms with Crippen LogP contribution in [0.5, 0.6) is 0 Å². The van der Waals surface area contributed by atoms with E-state index in [-0.39, 0.29) is 12.4 Å². The molecule has 0 heterocycles. The summed E-state index contributed by atoms with van der Waals surface area (Å²) in [6, 6.07) is 0. The van der Waals surface area contributed by atoms with E-state index >= 15 is 0 Å². The number of rotatable bonds is 18. The second-order valence-corrected chi connectivity index (χ2v) is 10.6. The lowest BCUT2D eigenvalue weighted by atomic mass is 10.1. The number of hydrogen-bond donors (Lipinski definition) is 0. The minimum Gasteiger partial charge on any atom is -1.00 e. The smallest absolute Gasteiger partial charge is 0.0880 e. The maximum atomic E-state index is 2.30. The fraction of sp³-hybridized carbons (Fsp3) is 1.00. The van der Waals surface area contributed by atoms with Crippen LogP contribution in [0.2, 0.25) is 0 Å². The Morgan fingerprint density at radius 3 is 1.33 bits per heavy atom. The molecule has 0 aliphatic carbocycles. The summed E-state index contributed by atoms with van der Waals surface area (Å²) < 4.78 is 1.09. The first-order valence-electron chi connectivity index (χ1n) is 10.1. The van der Waals surface area contributed by atoms with Gasteiger partial charge in [0.1, 0.15) is 0 Å². The number of nitrogens with zero attached hydrogens (tertiary/aromatic N) is 1. The molecule has 0 aromatic rings. The Kier molecular flexibility index (Phi) is 22.9. The van der Waals surface area contributed by atoms with Gasteiger partial charge in [0.15, 0.2) is 0 Å². The maximum Gasteiger partial charge on any atom is 0.0880 e. The predicted octanol–water partition coefficient (Wildman–Crippen LogP) is 4.17. The molecule has 0 amide bonds. The number of hydrogen-bond acceptors (Lipinski definition) is 2. The lowest BCUT2D eigenvalue weighted by Crippen LogP contribution is -3.00. The Morgan fingerprint density at radius 2 is 0.917 bits per heavy atom. The molecule has 0 aliphatic rings. The van der Waals surface area contributed by atoms with Crippen LogP contribution in [0, 0.1) is 0 Å². The van der Waals surface area contributed by atoms with Gasteiger partial charge in [0.25, 0.3) is 0 Å². The van der Waals surface area contributed by atoms with Crippen molar-refractivity contribution in [1.29, 1.82) is 0 Å². The third kappa shape index (κ3) is 25.2. The molecule has 0 aliphatic heterocycles. The minimum atomic E-state index is 0. The maximum absolute atomic E-state index is 2.30. The van der Waals surface area contributed by atoms with E-state index in [4.69, 9.17) is 0 Å². The first-order chi connectivity index (χ1) is 11.1. The van der Waals surface area contributed by atoms with Crippen molar-refractivity contribution in [3.63, 3.8) is 0 Å². The van der Waals surface area contributed by atoms with Gasteiger partial charge in [-0.1, -0.05) is 106 Å². The van der Waals surface area contributed by atoms with E-state index in [9.17, 15) is 0 Å². The van der Waals surface area contributed by atoms with E-state index in [0.717, 1.165) is 4.48 Å². The highest BCUT2D eigenvalue weighted by Gasteiger charge is 2.05. The molecule has 0 bridgehead atoms. The second-order valence-electron chi connectivity index (χ2n) is 7.90. The summed E-state index contributed by atoms with van der Waals surface area (Å²) in [6.07, 6.45) is 18.9. The summed E-state index contributed by atoms with van der Waals surface area (Å²) in [5.41, 5.74) is 0. The van der Waals surface area contributed by atoms with Crippen LogP contribution in [0.3, 0.4) is 0 Å². The van der Waals surface area contributed by atoms with E-state index in [0.29, 0.717) is 0 Å². The molecule has 148 valence electrons. The molecule has 0 N–H and O–H groups in total. The van der Waals surface area contributed by atoms with Gasteiger partial charge >= 0.3 is 0 Å². The molecule has 24 heavy (non-hydrogen) atoms. The van der Waals surface area contributed by atoms with Crippen molar-refractivity contribution in [2.45, 2.75) is 90.4 Å². The van der Waals surface area contributed by atoms with Crippen molar-refractivity contribution in [3.05, 3.63) is 0 Å². The Balaban J connectivity index is 0. The highest BCUT2D eigenvalue weighted by atomic mass is 35.5. The quantitative estimate of drug-likeness (QED) is 0.193. The van der Waals surface area contributed by atoms with Crippen LogP contribution in [0.1, 0.15) is 90.4 Å². The molecular formula is C20H44ClNS2. The molecule has 0 aromatic carbocycles. The van der Waals surface area contributed by atoms with Crippen molar-refractivity contribution in [2.75, 3.05) is 39.2 Å². The van der Waals surface area contributed by atoms with Crippen LogP contribution < -0.4 is 12.4 Å². The summed E-state index contributed by atoms with van der Waals surface area (Å²) in [5, 5.41) is 0. The molecule has 0 aromatic heterocycles. The Bertz CT molecular complexity index is 232. The van der Waals surface area contributed by atoms with Crippen LogP contribution in [0.25, 0.3) is 0 Å². The van der Waals surface area contributed by atoms with Crippen LogP contribution >= 0.6 is 21.6 Å². The first-order valence-corrected chi connectivity index (χ1v) is 12.6. The predicted molar refractivity (Wildman–Crippen MR) is 114 cm³/mol. The molecule has 0 saturated carbocycles. The van der Waals surface area contributed by atoms with Gasteiger partial charge < -0.3 is 16.9 Å². The van der Waals surface area contributed by atoms with Crippen molar-refractivity contribution < 1.29 is 16.9 Å². The molecule has 0 spiro atoms. The van der Waals surface area contributed by atoms with Gasteiger partial charge in [-0.15, -0.1) is 0 Å². The molecule has 0 saturated heterocycles. The molecule has 4 heteroatoms. The highest BCUT2D eigenvalue weighted by Crippen LogP contribution is 2.23. The van der Waals surface area contributed by atoms with Crippen LogP contribution in [0.4, 0.5) is 0 Å². The molecular weight excluding hydrogens is 354 g/mol. The highest BCUT2D eigenvalue weighted by molar-refractivity contribution is 8.76. The average molecular weight is 398 g/mol. The van der Waals surface area contributed by atoms with Crippen LogP contribution in [-0.4, -0.2) is 43.7 Å². The summed E-state index contributed by atoms with van der Waals surface area (Å²) in [7, 11) is 11.0. The van der Waals surface area contributed by atoms with E-state index in [1.54, 1.807) is 0 Å². The summed E-state index contributed by atoms with van der Waals surface area (Å²) >= 11 is 0. The molecule has 0 rings (SSSR count). The summed E-state index contributed by atoms with van der Waals surface area (Å²) in [4.78, 5) is 0. The topological polar surface area (TPSA) is 0 Å². The Morgan fingerprint density at radius 1 is 0.542 bits per heavy atom. The van der Waals surface area contributed by atoms with Crippen LogP contribution in [-0.2, 0) is 0 Å². The normalized spacial score (nSPS) is 11.5. The fourth-order valence-electron chi connectivity index (χ4n) is 2.61. The second kappa shape index (κ2) is 20.3. The summed E-state index contributed by atoms with van der Waals surface area (Å²) in [6.45, 7) is 3.57. The van der Waals surface area contributed by atoms with Gasteiger partial charge in [-0.2, -0.15) is 0 Å². The van der Waals surface area contributed by atoms with Crippen molar-refractivity contribution >= 4 is 21.6 Å². The van der Waals surface area contributed by atoms with Gasteiger partial charge in [0, 0.05) is 5.75 Å². The third-order valence-electron chi connectivity index (χ3n) is 4.26. The molecule has 0 radical (unpaired) electrons. The van der Waals surface area contributed by atoms with Crippen molar-refractivity contribution in [1.82, 2.24) is 0 Å². The van der Waals surface area contributed by atoms with E-state index in [1.165, 1.54) is 102 Å². The van der Waals surface area contributed by atoms with Gasteiger partial charge in [-0.25, -0.2) is 0 Å². The number of halogens is 1. The van der Waals surface area contributed by atoms with E-state index < -0.39 is 0 Å². The average Bonchev–Trinajstić information content (AvgIpc) is 2.49. The standard InChI is InChI=1S/C20H44NS2.ClH/c1-5-6-7-8-9-10-11-12-13-14-15-16-17-19-22-23-20-18-21(2,3)4;/h5-20H2,1-4H3;1H/q+1;/p-1. The summed E-state index contributed by atoms with van der Waals surface area (Å²) in [5.74, 6) is 2.63. The van der Waals surface area contributed by atoms with Crippen LogP contribution in [0.15, 0.2) is 0 Å². The van der Waals surface area contributed by atoms with Crippen molar-refractivity contribution in [2.24, 2.45) is 0 Å². The van der Waals surface area contributed by atoms with Gasteiger partial charge in [-0.3, -0.25) is 0 Å². The van der Waals surface area contributed by atoms with Gasteiger partial charge in [0.2, 0.25) is 0 Å². The lowest BCUT2D eigenvalue weighted by Gasteiger charge is -2.23. The Labute approximate surface area is 167 Å². The third-order valence-corrected chi connectivity index (χ3v) is 6.73. The molecule has 0 fully saturated rings.